The van der Waals surface area contributed by atoms with Crippen LogP contribution in [0.4, 0.5) is 0 Å². The van der Waals surface area contributed by atoms with E-state index in [9.17, 15) is 25.3 Å². The van der Waals surface area contributed by atoms with Crippen LogP contribution in [0.25, 0.3) is 0 Å². The van der Waals surface area contributed by atoms with Crippen molar-refractivity contribution in [1.29, 1.82) is 0 Å². The number of sulfonamides is 3. The molecule has 0 N–H and O–H groups in total. The Bertz CT molecular complexity index is 1950. The minimum Gasteiger partial charge on any atom is -0.207 e. The molecule has 3 aromatic rings. The van der Waals surface area contributed by atoms with Crippen molar-refractivity contribution in [2.24, 2.45) is 0 Å². The predicted molar refractivity (Wildman–Crippen MR) is 203 cm³/mol. The Morgan fingerprint density at radius 2 is 0.600 bits per heavy atom. The van der Waals surface area contributed by atoms with E-state index in [0.717, 1.165) is 16.7 Å². The van der Waals surface area contributed by atoms with Crippen LogP contribution < -0.4 is 0 Å². The molecule has 12 heteroatoms. The summed E-state index contributed by atoms with van der Waals surface area (Å²) in [6.07, 6.45) is 1.18. The first-order valence-corrected chi connectivity index (χ1v) is 21.8. The van der Waals surface area contributed by atoms with Crippen LogP contribution in [0.3, 0.4) is 0 Å². The zero-order chi connectivity index (χ0) is 37.8. The molecule has 0 heterocycles. The Kier molecular flexibility index (Phi) is 14.1. The third-order valence-corrected chi connectivity index (χ3v) is 16.0. The molecule has 0 amide bonds. The molecule has 0 aromatic heterocycles. The second-order valence-electron chi connectivity index (χ2n) is 13.6. The average Bonchev–Trinajstić information content (AvgIpc) is 2.95. The van der Waals surface area contributed by atoms with Gasteiger partial charge in [0.15, 0.2) is 0 Å². The molecule has 0 atom stereocenters. The van der Waals surface area contributed by atoms with E-state index in [0.29, 0.717) is 69.0 Å². The monoisotopic (exact) mass is 747 g/mol. The first kappa shape index (κ1) is 41.8. The Balaban J connectivity index is 1.85. The first-order valence-electron chi connectivity index (χ1n) is 17.4. The number of aryl methyl sites for hydroxylation is 9. The number of hydrogen-bond acceptors (Lipinski definition) is 6. The SMILES string of the molecule is CCN(CCCCN(CCCN(CC)S(=O)(=O)c1c(C)cc(C)cc1C)S(=O)(=O)c1c(C)cc(C)cc1C)S(=O)(=O)c1c(C)cc(C)cc1C. The maximum atomic E-state index is 14.3. The highest BCUT2D eigenvalue weighted by Crippen LogP contribution is 2.29. The molecule has 0 aliphatic rings. The van der Waals surface area contributed by atoms with Gasteiger partial charge in [-0.25, -0.2) is 25.3 Å². The summed E-state index contributed by atoms with van der Waals surface area (Å²) in [5.74, 6) is 0. The van der Waals surface area contributed by atoms with E-state index in [1.165, 1.54) is 12.9 Å². The second kappa shape index (κ2) is 16.8. The molecule has 3 aromatic carbocycles. The van der Waals surface area contributed by atoms with Gasteiger partial charge in [-0.05, 0) is 115 Å². The van der Waals surface area contributed by atoms with Gasteiger partial charge in [-0.1, -0.05) is 66.9 Å². The Morgan fingerprint density at radius 3 is 0.880 bits per heavy atom. The molecule has 0 bridgehead atoms. The van der Waals surface area contributed by atoms with E-state index in [1.54, 1.807) is 34.6 Å². The Labute approximate surface area is 302 Å². The van der Waals surface area contributed by atoms with E-state index in [-0.39, 0.29) is 37.6 Å². The third kappa shape index (κ3) is 9.24. The molecule has 0 saturated carbocycles. The average molecular weight is 748 g/mol. The lowest BCUT2D eigenvalue weighted by Gasteiger charge is -2.27. The molecule has 0 aliphatic heterocycles. The maximum Gasteiger partial charge on any atom is 0.243 e. The molecular formula is C38H57N3O6S3. The molecule has 3 rings (SSSR count). The summed E-state index contributed by atoms with van der Waals surface area (Å²) in [5.41, 5.74) is 7.06. The summed E-state index contributed by atoms with van der Waals surface area (Å²) in [6, 6.07) is 11.2. The number of benzene rings is 3. The molecule has 0 unspecified atom stereocenters. The van der Waals surface area contributed by atoms with Gasteiger partial charge in [0.25, 0.3) is 0 Å². The smallest absolute Gasteiger partial charge is 0.207 e. The second-order valence-corrected chi connectivity index (χ2v) is 19.3. The molecular weight excluding hydrogens is 691 g/mol. The summed E-state index contributed by atoms with van der Waals surface area (Å²) in [6.45, 7) is 21.4. The van der Waals surface area contributed by atoms with Gasteiger partial charge in [0.05, 0.1) is 14.7 Å². The van der Waals surface area contributed by atoms with Gasteiger partial charge in [-0.15, -0.1) is 0 Å². The van der Waals surface area contributed by atoms with Crippen LogP contribution in [0, 0.1) is 62.3 Å². The van der Waals surface area contributed by atoms with E-state index in [1.807, 2.05) is 77.9 Å². The lowest BCUT2D eigenvalue weighted by Crippen LogP contribution is -2.38. The number of hydrogen-bond donors (Lipinski definition) is 0. The Morgan fingerprint density at radius 1 is 0.380 bits per heavy atom. The molecule has 278 valence electrons. The molecule has 50 heavy (non-hydrogen) atoms. The van der Waals surface area contributed by atoms with Gasteiger partial charge in [-0.3, -0.25) is 0 Å². The van der Waals surface area contributed by atoms with Crippen molar-refractivity contribution >= 4 is 30.1 Å². The normalized spacial score (nSPS) is 12.8. The van der Waals surface area contributed by atoms with Crippen molar-refractivity contribution in [1.82, 2.24) is 12.9 Å². The van der Waals surface area contributed by atoms with Crippen LogP contribution >= 0.6 is 0 Å². The highest BCUT2D eigenvalue weighted by atomic mass is 32.2. The van der Waals surface area contributed by atoms with Crippen LogP contribution in [-0.4, -0.2) is 77.4 Å². The zero-order valence-electron chi connectivity index (χ0n) is 31.8. The van der Waals surface area contributed by atoms with Gasteiger partial charge in [0.2, 0.25) is 30.1 Å². The predicted octanol–water partition coefficient (Wildman–Crippen LogP) is 7.04. The van der Waals surface area contributed by atoms with Crippen LogP contribution in [0.5, 0.6) is 0 Å². The minimum absolute atomic E-state index is 0.116. The first-order chi connectivity index (χ1) is 23.2. The van der Waals surface area contributed by atoms with Crippen molar-refractivity contribution < 1.29 is 25.3 Å². The number of rotatable bonds is 17. The fourth-order valence-electron chi connectivity index (χ4n) is 7.36. The van der Waals surface area contributed by atoms with E-state index in [2.05, 4.69) is 0 Å². The van der Waals surface area contributed by atoms with Gasteiger partial charge in [-0.2, -0.15) is 12.9 Å². The van der Waals surface area contributed by atoms with E-state index < -0.39 is 30.1 Å². The van der Waals surface area contributed by atoms with E-state index >= 15 is 0 Å². The standard InChI is InChI=1S/C38H57N3O6S3/c1-12-39(48(42,43)36-30(6)21-27(3)22-31(36)7)17-14-15-18-41(50(46,47)38-34(10)25-29(5)26-35(38)11)20-16-19-40(13-2)49(44,45)37-32(8)23-28(4)24-33(37)9/h21-26H,12-20H2,1-11H3. The molecule has 9 nitrogen and oxygen atoms in total. The topological polar surface area (TPSA) is 112 Å². The molecule has 0 saturated heterocycles. The van der Waals surface area contributed by atoms with Crippen molar-refractivity contribution in [2.45, 2.75) is 110 Å². The van der Waals surface area contributed by atoms with Crippen molar-refractivity contribution in [3.05, 3.63) is 86.5 Å². The summed E-state index contributed by atoms with van der Waals surface area (Å²) in [7, 11) is -11.5. The van der Waals surface area contributed by atoms with E-state index in [4.69, 9.17) is 0 Å². The van der Waals surface area contributed by atoms with Crippen LogP contribution in [0.15, 0.2) is 51.1 Å². The largest absolute Gasteiger partial charge is 0.243 e. The van der Waals surface area contributed by atoms with Crippen LogP contribution in [0.2, 0.25) is 0 Å². The fraction of sp³-hybridized carbons (Fsp3) is 0.526. The van der Waals surface area contributed by atoms with Crippen molar-refractivity contribution in [2.75, 3.05) is 39.3 Å². The van der Waals surface area contributed by atoms with Gasteiger partial charge < -0.3 is 0 Å². The minimum atomic E-state index is -3.95. The lowest BCUT2D eigenvalue weighted by molar-refractivity contribution is 0.350. The molecule has 0 aliphatic carbocycles. The summed E-state index contributed by atoms with van der Waals surface area (Å²) in [4.78, 5) is 0.884. The highest BCUT2D eigenvalue weighted by molar-refractivity contribution is 7.89. The van der Waals surface area contributed by atoms with Crippen LogP contribution in [0.1, 0.15) is 83.2 Å². The molecule has 0 spiro atoms. The highest BCUT2D eigenvalue weighted by Gasteiger charge is 2.31. The van der Waals surface area contributed by atoms with Gasteiger partial charge in [0, 0.05) is 39.3 Å². The third-order valence-electron chi connectivity index (χ3n) is 9.19. The fourth-order valence-corrected chi connectivity index (χ4v) is 13.1. The number of nitrogens with zero attached hydrogens (tertiary/aromatic N) is 3. The van der Waals surface area contributed by atoms with Gasteiger partial charge >= 0.3 is 0 Å². The molecule has 0 radical (unpaired) electrons. The van der Waals surface area contributed by atoms with Crippen molar-refractivity contribution in [3.63, 3.8) is 0 Å². The summed E-state index contributed by atoms with van der Waals surface area (Å²) < 4.78 is 88.0. The zero-order valence-corrected chi connectivity index (χ0v) is 34.3. The Hall–Kier alpha value is -2.61. The van der Waals surface area contributed by atoms with Crippen LogP contribution in [-0.2, 0) is 30.1 Å². The van der Waals surface area contributed by atoms with Crippen molar-refractivity contribution in [3.8, 4) is 0 Å². The maximum absolute atomic E-state index is 14.3. The summed E-state index contributed by atoms with van der Waals surface area (Å²) >= 11 is 0. The lowest BCUT2D eigenvalue weighted by atomic mass is 10.1. The van der Waals surface area contributed by atoms with Gasteiger partial charge in [0.1, 0.15) is 0 Å². The number of unbranched alkanes of at least 4 members (excludes halogenated alkanes) is 1. The quantitative estimate of drug-likeness (QED) is 0.137. The summed E-state index contributed by atoms with van der Waals surface area (Å²) in [5, 5.41) is 0. The molecule has 0 fully saturated rings.